The molecule has 2 aromatic rings. The lowest BCUT2D eigenvalue weighted by Crippen LogP contribution is -2.53. The molecule has 0 saturated heterocycles. The van der Waals surface area contributed by atoms with Crippen LogP contribution < -0.4 is 31.9 Å². The van der Waals surface area contributed by atoms with Gasteiger partial charge in [0.15, 0.2) is 0 Å². The summed E-state index contributed by atoms with van der Waals surface area (Å²) in [5.41, 5.74) is 2.12. The van der Waals surface area contributed by atoms with Crippen LogP contribution in [0.3, 0.4) is 0 Å². The number of ether oxygens (including phenoxy) is 5. The maximum Gasteiger partial charge on any atom is 0.406 e. The molecule has 0 aliphatic heterocycles. The first-order valence-electron chi connectivity index (χ1n) is 23.9. The van der Waals surface area contributed by atoms with Gasteiger partial charge in [-0.05, 0) is 102 Å². The smallest absolute Gasteiger partial charge is 0.406 e. The highest BCUT2D eigenvalue weighted by Gasteiger charge is 2.39. The monoisotopic (exact) mass is 1020 g/mol. The number of aromatic nitrogens is 3. The van der Waals surface area contributed by atoms with Crippen molar-refractivity contribution >= 4 is 60.2 Å². The van der Waals surface area contributed by atoms with E-state index in [1.54, 1.807) is 38.1 Å². The third-order valence-electron chi connectivity index (χ3n) is 10.7. The number of nitrogens with one attached hydrogen (secondary N) is 6. The second-order valence-corrected chi connectivity index (χ2v) is 18.9. The van der Waals surface area contributed by atoms with Crippen LogP contribution in [0.1, 0.15) is 98.0 Å². The van der Waals surface area contributed by atoms with Crippen molar-refractivity contribution in [3.8, 4) is 0 Å². The molecule has 2 radical (unpaired) electrons. The molecule has 1 fully saturated rings. The maximum absolute atomic E-state index is 12.9. The summed E-state index contributed by atoms with van der Waals surface area (Å²) in [6.45, 7) is 18.5. The molecular formula is C47H80BN9O13S. The second-order valence-electron chi connectivity index (χ2n) is 18.1. The van der Waals surface area contributed by atoms with E-state index in [4.69, 9.17) is 35.6 Å². The number of carbonyl (C=O) groups excluding carboxylic acids is 6. The Morgan fingerprint density at radius 1 is 0.873 bits per heavy atom. The topological polar surface area (TPSA) is 289 Å². The fraction of sp³-hybridized carbons (Fsp3) is 0.702. The number of hydrogen-bond acceptors (Lipinski definition) is 15. The fourth-order valence-corrected chi connectivity index (χ4v) is 6.91. The summed E-state index contributed by atoms with van der Waals surface area (Å²) in [6, 6.07) is 5.62. The van der Waals surface area contributed by atoms with E-state index >= 15 is 0 Å². The SMILES string of the molecule is CC.CNCCOCCOCCNC(=O)OC.CS(=O)O.[B]C(=O)OCc1ccc(NC(=O)CNC(=O)C(NC(=O)CNC(=O)CC(C)(C)OCC(C)(C)n2nnc3c2CCC2CC2CC3)C(C)C)cc1. The van der Waals surface area contributed by atoms with Gasteiger partial charge in [-0.15, -0.1) is 5.10 Å². The van der Waals surface area contributed by atoms with Crippen molar-refractivity contribution in [1.29, 1.82) is 0 Å². The number of likely N-dealkylation sites (N-methyl/N-ethyl adjacent to an activating group) is 1. The zero-order valence-electron chi connectivity index (χ0n) is 43.6. The molecule has 1 heterocycles. The highest BCUT2D eigenvalue weighted by Crippen LogP contribution is 2.46. The van der Waals surface area contributed by atoms with E-state index in [0.717, 1.165) is 43.3 Å². The zero-order chi connectivity index (χ0) is 53.6. The largest absolute Gasteiger partial charge is 0.470 e. The molecule has 22 nitrogen and oxygen atoms in total. The minimum atomic E-state index is -1.61. The molecule has 1 aromatic carbocycles. The number of rotatable bonds is 25. The lowest BCUT2D eigenvalue weighted by Gasteiger charge is -2.32. The minimum Gasteiger partial charge on any atom is -0.470 e. The van der Waals surface area contributed by atoms with Gasteiger partial charge in [0.25, 0.3) is 0 Å². The summed E-state index contributed by atoms with van der Waals surface area (Å²) in [4.78, 5) is 72.2. The van der Waals surface area contributed by atoms with E-state index in [0.29, 0.717) is 50.8 Å². The maximum atomic E-state index is 12.9. The van der Waals surface area contributed by atoms with Crippen LogP contribution >= 0.6 is 0 Å². The van der Waals surface area contributed by atoms with Crippen LogP contribution in [0.5, 0.6) is 0 Å². The lowest BCUT2D eigenvalue weighted by atomic mass is 9.99. The van der Waals surface area contributed by atoms with Gasteiger partial charge in [-0.25, -0.2) is 13.7 Å². The molecular weight excluding hydrogens is 941 g/mol. The van der Waals surface area contributed by atoms with Crippen molar-refractivity contribution in [2.24, 2.45) is 17.8 Å². The zero-order valence-corrected chi connectivity index (χ0v) is 44.4. The second kappa shape index (κ2) is 34.4. The first kappa shape index (κ1) is 64.0. The summed E-state index contributed by atoms with van der Waals surface area (Å²) in [6.07, 6.45) is 6.36. The van der Waals surface area contributed by atoms with Crippen molar-refractivity contribution in [2.75, 3.05) is 84.9 Å². The average Bonchev–Trinajstić information content (AvgIpc) is 3.93. The minimum absolute atomic E-state index is 0.00381. The molecule has 2 aliphatic rings. The Bertz CT molecular complexity index is 1950. The third-order valence-corrected chi connectivity index (χ3v) is 10.7. The van der Waals surface area contributed by atoms with Crippen molar-refractivity contribution in [2.45, 2.75) is 118 Å². The van der Waals surface area contributed by atoms with Crippen LogP contribution in [0.15, 0.2) is 24.3 Å². The first-order valence-corrected chi connectivity index (χ1v) is 25.5. The number of anilines is 1. The van der Waals surface area contributed by atoms with Gasteiger partial charge >= 0.3 is 6.09 Å². The lowest BCUT2D eigenvalue weighted by molar-refractivity contribution is -0.133. The van der Waals surface area contributed by atoms with Gasteiger partial charge in [-0.3, -0.25) is 24.0 Å². The first-order chi connectivity index (χ1) is 33.6. The Labute approximate surface area is 423 Å². The van der Waals surface area contributed by atoms with E-state index < -0.39 is 57.9 Å². The number of nitrogens with zero attached hydrogens (tertiary/aromatic N) is 3. The van der Waals surface area contributed by atoms with Crippen LogP contribution in [0.4, 0.5) is 15.3 Å². The van der Waals surface area contributed by atoms with Crippen molar-refractivity contribution in [3.63, 3.8) is 0 Å². The summed E-state index contributed by atoms with van der Waals surface area (Å²) in [5, 5.41) is 24.9. The standard InChI is InChI=1S/C35H50BN7O7.C9H20N2O4.C2H6.CH4O2S/c1-21(2)31(32(47)38-18-29(45)39-25-11-7-22(8-12-25)19-49-33(36)48)40-30(46)17-37-28(44)16-35(5,6)50-20-34(3,4)43-27-14-10-24-15-23(24)9-13-26(27)41-42-43;1-10-3-5-14-7-8-15-6-4-11-9(12)13-2;1-2;1-4(2)3/h7-8,11-12,21,23-24,31H,9-10,13-20H2,1-6H3,(H,37,44)(H,38,47)(H,39,45)(H,40,46);10H,3-8H2,1-2H3,(H,11,12);1-2H3;1H3,(H,2,3). The van der Waals surface area contributed by atoms with Crippen LogP contribution in [-0.4, -0.2) is 158 Å². The van der Waals surface area contributed by atoms with Crippen LogP contribution in [0, 0.1) is 17.8 Å². The quantitative estimate of drug-likeness (QED) is 0.0428. The van der Waals surface area contributed by atoms with Gasteiger partial charge in [0.1, 0.15) is 23.7 Å². The Morgan fingerprint density at radius 3 is 2.04 bits per heavy atom. The number of alkyl carbamates (subject to hydrolysis) is 1. The Kier molecular flexibility index (Phi) is 31.0. The molecule has 2 aliphatic carbocycles. The van der Waals surface area contributed by atoms with Crippen molar-refractivity contribution < 1.29 is 61.2 Å². The molecule has 24 heteroatoms. The molecule has 5 amide bonds. The summed E-state index contributed by atoms with van der Waals surface area (Å²) < 4.78 is 44.4. The summed E-state index contributed by atoms with van der Waals surface area (Å²) >= 11 is -1.61. The van der Waals surface area contributed by atoms with E-state index in [1.165, 1.54) is 31.9 Å². The normalized spacial score (nSPS) is 15.5. The predicted octanol–water partition coefficient (Wildman–Crippen LogP) is 2.99. The number of hydrogen-bond donors (Lipinski definition) is 7. The molecule has 7 N–H and O–H groups in total. The summed E-state index contributed by atoms with van der Waals surface area (Å²) in [5.74, 6) is -1.44. The third kappa shape index (κ3) is 28.0. The summed E-state index contributed by atoms with van der Waals surface area (Å²) in [7, 11) is 8.16. The molecule has 71 heavy (non-hydrogen) atoms. The van der Waals surface area contributed by atoms with Crippen LogP contribution in [-0.2, 0) is 78.9 Å². The van der Waals surface area contributed by atoms with Crippen LogP contribution in [0.25, 0.3) is 0 Å². The molecule has 1 aromatic heterocycles. The Balaban J connectivity index is 0.00000101. The van der Waals surface area contributed by atoms with Crippen molar-refractivity contribution in [1.82, 2.24) is 41.6 Å². The molecule has 1 saturated carbocycles. The van der Waals surface area contributed by atoms with Gasteiger partial charge in [-0.1, -0.05) is 45.0 Å². The van der Waals surface area contributed by atoms with Gasteiger partial charge in [0.05, 0.1) is 82.2 Å². The molecule has 400 valence electrons. The van der Waals surface area contributed by atoms with E-state index in [2.05, 4.69) is 60.8 Å². The van der Waals surface area contributed by atoms with Crippen LogP contribution in [0.2, 0.25) is 0 Å². The molecule has 4 atom stereocenters. The average molecular weight is 1020 g/mol. The number of carbonyl (C=O) groups is 6. The molecule has 0 bridgehead atoms. The van der Waals surface area contributed by atoms with E-state index in [-0.39, 0.29) is 37.9 Å². The van der Waals surface area contributed by atoms with E-state index in [9.17, 15) is 28.8 Å². The highest BCUT2D eigenvalue weighted by molar-refractivity contribution is 7.78. The number of amides is 5. The van der Waals surface area contributed by atoms with Crippen molar-refractivity contribution in [3.05, 3.63) is 41.2 Å². The molecule has 0 spiro atoms. The Hall–Kier alpha value is -5.01. The number of fused-ring (bicyclic) bond motifs is 2. The highest BCUT2D eigenvalue weighted by atomic mass is 32.2. The fourth-order valence-electron chi connectivity index (χ4n) is 6.91. The predicted molar refractivity (Wildman–Crippen MR) is 270 cm³/mol. The van der Waals surface area contributed by atoms with Gasteiger partial charge < -0.3 is 60.1 Å². The van der Waals surface area contributed by atoms with Gasteiger partial charge in [-0.2, -0.15) is 0 Å². The number of benzene rings is 1. The van der Waals surface area contributed by atoms with Gasteiger partial charge in [0, 0.05) is 25.0 Å². The number of methoxy groups -OCH3 is 1. The molecule has 4 rings (SSSR count). The van der Waals surface area contributed by atoms with Gasteiger partial charge in [0.2, 0.25) is 37.3 Å². The number of aryl methyl sites for hydroxylation is 1. The van der Waals surface area contributed by atoms with E-state index in [1.807, 2.05) is 39.4 Å². The molecule has 4 unspecified atom stereocenters. The Morgan fingerprint density at radius 2 is 1.46 bits per heavy atom.